The van der Waals surface area contributed by atoms with Crippen LogP contribution in [0.5, 0.6) is 0 Å². The van der Waals surface area contributed by atoms with Crippen LogP contribution in [-0.4, -0.2) is 36.0 Å². The Bertz CT molecular complexity index is 299. The molecular formula is C12H20O5. The summed E-state index contributed by atoms with van der Waals surface area (Å²) in [7, 11) is 0. The number of hydrogen-bond donors (Lipinski definition) is 1. The van der Waals surface area contributed by atoms with Crippen molar-refractivity contribution in [1.82, 2.24) is 0 Å². The van der Waals surface area contributed by atoms with E-state index in [-0.39, 0.29) is 5.76 Å². The third kappa shape index (κ3) is 2.73. The van der Waals surface area contributed by atoms with Gasteiger partial charge in [0.1, 0.15) is 12.4 Å². The van der Waals surface area contributed by atoms with Crippen molar-refractivity contribution in [2.45, 2.75) is 57.9 Å². The lowest BCUT2D eigenvalue weighted by Crippen LogP contribution is -2.42. The lowest BCUT2D eigenvalue weighted by molar-refractivity contribution is -0.176. The second-order valence-corrected chi connectivity index (χ2v) is 4.79. The molecule has 98 valence electrons. The zero-order valence-corrected chi connectivity index (χ0v) is 10.5. The van der Waals surface area contributed by atoms with Crippen molar-refractivity contribution in [1.29, 1.82) is 0 Å². The third-order valence-corrected chi connectivity index (χ3v) is 2.80. The predicted octanol–water partition coefficient (Wildman–Crippen LogP) is 2.08. The average molecular weight is 244 g/mol. The number of rotatable bonds is 4. The van der Waals surface area contributed by atoms with E-state index >= 15 is 0 Å². The van der Waals surface area contributed by atoms with Crippen LogP contribution in [0.1, 0.15) is 33.6 Å². The minimum atomic E-state index is -0.708. The van der Waals surface area contributed by atoms with Gasteiger partial charge in [-0.15, -0.1) is 0 Å². The Morgan fingerprint density at radius 1 is 1.41 bits per heavy atom. The molecule has 0 aromatic rings. The van der Waals surface area contributed by atoms with Crippen molar-refractivity contribution < 1.29 is 24.1 Å². The lowest BCUT2D eigenvalue weighted by Gasteiger charge is -2.29. The first-order chi connectivity index (χ1) is 8.03. The smallest absolute Gasteiger partial charge is 0.231 e. The van der Waals surface area contributed by atoms with Crippen LogP contribution in [0, 0.1) is 0 Å². The van der Waals surface area contributed by atoms with Crippen LogP contribution in [0.3, 0.4) is 0 Å². The highest BCUT2D eigenvalue weighted by Gasteiger charge is 2.50. The van der Waals surface area contributed by atoms with Gasteiger partial charge in [0.15, 0.2) is 17.7 Å². The fraction of sp³-hybridized carbons (Fsp3) is 0.833. The number of ether oxygens (including phenoxy) is 4. The Balaban J connectivity index is 2.01. The molecule has 1 saturated heterocycles. The van der Waals surface area contributed by atoms with Crippen molar-refractivity contribution in [2.75, 3.05) is 6.61 Å². The highest BCUT2D eigenvalue weighted by Crippen LogP contribution is 2.36. The summed E-state index contributed by atoms with van der Waals surface area (Å²) in [4.78, 5) is 0. The van der Waals surface area contributed by atoms with Crippen LogP contribution in [0.2, 0.25) is 0 Å². The van der Waals surface area contributed by atoms with Crippen LogP contribution in [0.25, 0.3) is 0 Å². The molecular weight excluding hydrogens is 224 g/mol. The van der Waals surface area contributed by atoms with E-state index in [4.69, 9.17) is 18.9 Å². The molecule has 0 spiro atoms. The maximum atomic E-state index is 9.76. The topological polar surface area (TPSA) is 57.2 Å². The van der Waals surface area contributed by atoms with Crippen molar-refractivity contribution in [2.24, 2.45) is 0 Å². The Morgan fingerprint density at radius 2 is 2.18 bits per heavy atom. The van der Waals surface area contributed by atoms with Gasteiger partial charge in [-0.05, 0) is 20.3 Å². The number of hydrogen-bond acceptors (Lipinski definition) is 5. The highest BCUT2D eigenvalue weighted by atomic mass is 16.8. The second-order valence-electron chi connectivity index (χ2n) is 4.79. The summed E-state index contributed by atoms with van der Waals surface area (Å²) in [6, 6.07) is 0. The van der Waals surface area contributed by atoms with Gasteiger partial charge in [0.25, 0.3) is 0 Å². The van der Waals surface area contributed by atoms with E-state index in [9.17, 15) is 5.11 Å². The van der Waals surface area contributed by atoms with E-state index in [2.05, 4.69) is 6.92 Å². The SMILES string of the molecule is CCCCO[C@@H]1C(O)=CO[C@@H]2OC(C)(C)OC21. The molecule has 5 heteroatoms. The quantitative estimate of drug-likeness (QED) is 0.767. The summed E-state index contributed by atoms with van der Waals surface area (Å²) < 4.78 is 22.1. The molecule has 0 bridgehead atoms. The summed E-state index contributed by atoms with van der Waals surface area (Å²) in [6.45, 7) is 6.31. The van der Waals surface area contributed by atoms with E-state index in [1.807, 2.05) is 13.8 Å². The number of unbranched alkanes of at least 4 members (excludes halogenated alkanes) is 1. The van der Waals surface area contributed by atoms with Crippen LogP contribution >= 0.6 is 0 Å². The van der Waals surface area contributed by atoms with Crippen molar-refractivity contribution in [3.8, 4) is 0 Å². The molecule has 2 rings (SSSR count). The van der Waals surface area contributed by atoms with Crippen molar-refractivity contribution in [3.63, 3.8) is 0 Å². The molecule has 0 saturated carbocycles. The molecule has 0 amide bonds. The zero-order valence-electron chi connectivity index (χ0n) is 10.5. The van der Waals surface area contributed by atoms with E-state index in [1.54, 1.807) is 0 Å². The largest absolute Gasteiger partial charge is 0.506 e. The first-order valence-corrected chi connectivity index (χ1v) is 6.05. The molecule has 1 unspecified atom stereocenters. The van der Waals surface area contributed by atoms with Gasteiger partial charge in [-0.25, -0.2) is 0 Å². The lowest BCUT2D eigenvalue weighted by atomic mass is 10.1. The monoisotopic (exact) mass is 244 g/mol. The number of aliphatic hydroxyl groups is 1. The summed E-state index contributed by atoms with van der Waals surface area (Å²) in [5.41, 5.74) is 0. The van der Waals surface area contributed by atoms with Gasteiger partial charge in [0.2, 0.25) is 6.29 Å². The fourth-order valence-corrected chi connectivity index (χ4v) is 1.97. The van der Waals surface area contributed by atoms with E-state index in [1.165, 1.54) is 6.26 Å². The normalized spacial score (nSPS) is 35.0. The Hall–Kier alpha value is -0.780. The maximum Gasteiger partial charge on any atom is 0.231 e. The third-order valence-electron chi connectivity index (χ3n) is 2.80. The van der Waals surface area contributed by atoms with Crippen LogP contribution in [-0.2, 0) is 18.9 Å². The van der Waals surface area contributed by atoms with E-state index < -0.39 is 24.3 Å². The van der Waals surface area contributed by atoms with Gasteiger partial charge in [0.05, 0.1) is 0 Å². The Morgan fingerprint density at radius 3 is 2.88 bits per heavy atom. The molecule has 5 nitrogen and oxygen atoms in total. The Labute approximate surface area is 101 Å². The van der Waals surface area contributed by atoms with Crippen molar-refractivity contribution in [3.05, 3.63) is 12.0 Å². The summed E-state index contributed by atoms with van der Waals surface area (Å²) in [5.74, 6) is -0.649. The molecule has 2 aliphatic rings. The Kier molecular flexibility index (Phi) is 3.61. The zero-order chi connectivity index (χ0) is 12.5. The maximum absolute atomic E-state index is 9.76. The molecule has 1 N–H and O–H groups in total. The van der Waals surface area contributed by atoms with E-state index in [0.717, 1.165) is 12.8 Å². The summed E-state index contributed by atoms with van der Waals surface area (Å²) >= 11 is 0. The number of fused-ring (bicyclic) bond motifs is 1. The fourth-order valence-electron chi connectivity index (χ4n) is 1.97. The van der Waals surface area contributed by atoms with E-state index in [0.29, 0.717) is 6.61 Å². The minimum Gasteiger partial charge on any atom is -0.506 e. The molecule has 0 aromatic carbocycles. The first-order valence-electron chi connectivity index (χ1n) is 6.05. The first kappa shape index (κ1) is 12.7. The number of aliphatic hydroxyl groups excluding tert-OH is 1. The van der Waals surface area contributed by atoms with Crippen LogP contribution in [0.4, 0.5) is 0 Å². The van der Waals surface area contributed by atoms with Crippen molar-refractivity contribution >= 4 is 0 Å². The van der Waals surface area contributed by atoms with Gasteiger partial charge in [0, 0.05) is 6.61 Å². The van der Waals surface area contributed by atoms with Crippen LogP contribution < -0.4 is 0 Å². The standard InChI is InChI=1S/C12H20O5/c1-4-5-6-14-9-8(13)7-15-11-10(9)16-12(2,3)17-11/h7,9-11,13H,4-6H2,1-3H3/t9-,10?,11-/m1/s1. The molecule has 0 aliphatic carbocycles. The summed E-state index contributed by atoms with van der Waals surface area (Å²) in [6.07, 6.45) is 1.86. The second kappa shape index (κ2) is 4.84. The van der Waals surface area contributed by atoms with Gasteiger partial charge in [-0.2, -0.15) is 0 Å². The molecule has 2 aliphatic heterocycles. The molecule has 0 aromatic heterocycles. The highest BCUT2D eigenvalue weighted by molar-refractivity contribution is 5.05. The molecule has 2 heterocycles. The van der Waals surface area contributed by atoms with Crippen LogP contribution in [0.15, 0.2) is 12.0 Å². The van der Waals surface area contributed by atoms with Gasteiger partial charge in [-0.3, -0.25) is 0 Å². The minimum absolute atomic E-state index is 0.0589. The molecule has 1 fully saturated rings. The molecule has 0 radical (unpaired) electrons. The van der Waals surface area contributed by atoms with Gasteiger partial charge in [-0.1, -0.05) is 13.3 Å². The average Bonchev–Trinajstić information content (AvgIpc) is 2.56. The van der Waals surface area contributed by atoms with Gasteiger partial charge < -0.3 is 24.1 Å². The predicted molar refractivity (Wildman–Crippen MR) is 60.3 cm³/mol. The molecule has 17 heavy (non-hydrogen) atoms. The van der Waals surface area contributed by atoms with Gasteiger partial charge >= 0.3 is 0 Å². The summed E-state index contributed by atoms with van der Waals surface area (Å²) in [5, 5.41) is 9.76. The molecule has 3 atom stereocenters.